The minimum atomic E-state index is -0.749. The first-order valence-electron chi connectivity index (χ1n) is 6.71. The summed E-state index contributed by atoms with van der Waals surface area (Å²) in [6.07, 6.45) is 5.68. The van der Waals surface area contributed by atoms with Crippen LogP contribution in [0.25, 0.3) is 0 Å². The minimum absolute atomic E-state index is 0.193. The van der Waals surface area contributed by atoms with Crippen LogP contribution in [0, 0.1) is 5.41 Å². The Balaban J connectivity index is 2.43. The fourth-order valence-electron chi connectivity index (χ4n) is 3.20. The van der Waals surface area contributed by atoms with Crippen LogP contribution in [-0.2, 0) is 5.60 Å². The van der Waals surface area contributed by atoms with Crippen LogP contribution >= 0.6 is 15.9 Å². The summed E-state index contributed by atoms with van der Waals surface area (Å²) in [5.74, 6) is 0. The Morgan fingerprint density at radius 3 is 2.61 bits per heavy atom. The lowest BCUT2D eigenvalue weighted by Crippen LogP contribution is -2.39. The molecule has 0 amide bonds. The molecule has 4 heteroatoms. The largest absolute Gasteiger partial charge is 0.384 e. The van der Waals surface area contributed by atoms with Crippen molar-refractivity contribution in [1.82, 2.24) is 9.78 Å². The summed E-state index contributed by atoms with van der Waals surface area (Å²) < 4.78 is 2.88. The molecule has 0 spiro atoms. The van der Waals surface area contributed by atoms with Crippen LogP contribution < -0.4 is 0 Å². The molecule has 0 aliphatic heterocycles. The van der Waals surface area contributed by atoms with Gasteiger partial charge in [-0.3, -0.25) is 4.68 Å². The minimum Gasteiger partial charge on any atom is -0.384 e. The van der Waals surface area contributed by atoms with Crippen molar-refractivity contribution >= 4 is 15.9 Å². The number of rotatable bonds is 2. The molecule has 102 valence electrons. The van der Waals surface area contributed by atoms with Gasteiger partial charge < -0.3 is 5.11 Å². The van der Waals surface area contributed by atoms with Crippen molar-refractivity contribution in [2.24, 2.45) is 5.41 Å². The number of aliphatic hydroxyl groups is 1. The summed E-state index contributed by atoms with van der Waals surface area (Å²) in [6, 6.07) is 0.264. The lowest BCUT2D eigenvalue weighted by molar-refractivity contribution is -0.0517. The van der Waals surface area contributed by atoms with Crippen molar-refractivity contribution in [3.05, 3.63) is 16.4 Å². The summed E-state index contributed by atoms with van der Waals surface area (Å²) in [5.41, 5.74) is 0.394. The molecule has 1 aliphatic carbocycles. The Morgan fingerprint density at radius 1 is 1.39 bits per heavy atom. The van der Waals surface area contributed by atoms with Crippen LogP contribution in [-0.4, -0.2) is 14.9 Å². The highest BCUT2D eigenvalue weighted by Crippen LogP contribution is 2.48. The van der Waals surface area contributed by atoms with Crippen LogP contribution in [0.3, 0.4) is 0 Å². The SMILES string of the molecule is CC(C)n1ncc(Br)c1C1(O)CCCC(C)(C)C1. The molecule has 1 aliphatic rings. The van der Waals surface area contributed by atoms with Crippen molar-refractivity contribution in [1.29, 1.82) is 0 Å². The van der Waals surface area contributed by atoms with Gasteiger partial charge in [-0.1, -0.05) is 13.8 Å². The summed E-state index contributed by atoms with van der Waals surface area (Å²) >= 11 is 3.55. The van der Waals surface area contributed by atoms with Gasteiger partial charge in [-0.05, 0) is 60.9 Å². The van der Waals surface area contributed by atoms with E-state index in [1.54, 1.807) is 6.20 Å². The standard InChI is InChI=1S/C14H23BrN2O/c1-10(2)17-12(11(15)8-16-17)14(18)7-5-6-13(3,4)9-14/h8,10,18H,5-7,9H2,1-4H3. The lowest BCUT2D eigenvalue weighted by atomic mass is 9.68. The van der Waals surface area contributed by atoms with E-state index in [1.165, 1.54) is 6.42 Å². The highest BCUT2D eigenvalue weighted by molar-refractivity contribution is 9.10. The average Bonchev–Trinajstić information content (AvgIpc) is 2.58. The third kappa shape index (κ3) is 2.50. The second-order valence-electron chi connectivity index (χ2n) is 6.61. The molecule has 1 atom stereocenters. The maximum absolute atomic E-state index is 11.1. The van der Waals surface area contributed by atoms with Crippen LogP contribution in [0.1, 0.15) is 65.1 Å². The number of hydrogen-bond donors (Lipinski definition) is 1. The zero-order valence-electron chi connectivity index (χ0n) is 11.7. The van der Waals surface area contributed by atoms with Gasteiger partial charge in [0.25, 0.3) is 0 Å². The molecule has 0 radical (unpaired) electrons. The van der Waals surface area contributed by atoms with Crippen molar-refractivity contribution in [3.63, 3.8) is 0 Å². The number of nitrogens with zero attached hydrogens (tertiary/aromatic N) is 2. The zero-order valence-corrected chi connectivity index (χ0v) is 13.3. The lowest BCUT2D eigenvalue weighted by Gasteiger charge is -2.42. The molecular formula is C14H23BrN2O. The molecule has 0 saturated heterocycles. The highest BCUT2D eigenvalue weighted by atomic mass is 79.9. The Morgan fingerprint density at radius 2 is 2.06 bits per heavy atom. The monoisotopic (exact) mass is 314 g/mol. The first-order chi connectivity index (χ1) is 8.25. The maximum Gasteiger partial charge on any atom is 0.108 e. The first kappa shape index (κ1) is 14.1. The Bertz CT molecular complexity index is 439. The second kappa shape index (κ2) is 4.64. The summed E-state index contributed by atoms with van der Waals surface area (Å²) in [4.78, 5) is 0. The van der Waals surface area contributed by atoms with Gasteiger partial charge in [-0.15, -0.1) is 0 Å². The number of aromatic nitrogens is 2. The fraction of sp³-hybridized carbons (Fsp3) is 0.786. The van der Waals surface area contributed by atoms with Gasteiger partial charge in [-0.2, -0.15) is 5.10 Å². The zero-order chi connectivity index (χ0) is 13.6. The van der Waals surface area contributed by atoms with Gasteiger partial charge in [0.2, 0.25) is 0 Å². The van der Waals surface area contributed by atoms with Crippen molar-refractivity contribution < 1.29 is 5.11 Å². The highest BCUT2D eigenvalue weighted by Gasteiger charge is 2.43. The number of halogens is 1. The van der Waals surface area contributed by atoms with Gasteiger partial charge in [0, 0.05) is 6.04 Å². The van der Waals surface area contributed by atoms with E-state index in [9.17, 15) is 5.11 Å². The van der Waals surface area contributed by atoms with Crippen LogP contribution in [0.5, 0.6) is 0 Å². The van der Waals surface area contributed by atoms with E-state index in [-0.39, 0.29) is 11.5 Å². The third-order valence-electron chi connectivity index (χ3n) is 3.90. The average molecular weight is 315 g/mol. The second-order valence-corrected chi connectivity index (χ2v) is 7.46. The van der Waals surface area contributed by atoms with Crippen LogP contribution in [0.4, 0.5) is 0 Å². The molecule has 0 bridgehead atoms. The van der Waals surface area contributed by atoms with Crippen LogP contribution in [0.15, 0.2) is 10.7 Å². The smallest absolute Gasteiger partial charge is 0.108 e. The van der Waals surface area contributed by atoms with E-state index >= 15 is 0 Å². The molecule has 1 aromatic rings. The third-order valence-corrected chi connectivity index (χ3v) is 4.48. The fourth-order valence-corrected chi connectivity index (χ4v) is 3.84. The molecule has 18 heavy (non-hydrogen) atoms. The Kier molecular flexibility index (Phi) is 3.63. The van der Waals surface area contributed by atoms with E-state index < -0.39 is 5.60 Å². The van der Waals surface area contributed by atoms with Crippen molar-refractivity contribution in [3.8, 4) is 0 Å². The van der Waals surface area contributed by atoms with Gasteiger partial charge in [0.05, 0.1) is 16.4 Å². The molecule has 3 nitrogen and oxygen atoms in total. The molecular weight excluding hydrogens is 292 g/mol. The maximum atomic E-state index is 11.1. The Hall–Kier alpha value is -0.350. The summed E-state index contributed by atoms with van der Waals surface area (Å²) in [7, 11) is 0. The predicted octanol–water partition coefficient (Wildman–Crippen LogP) is 4.01. The predicted molar refractivity (Wildman–Crippen MR) is 76.5 cm³/mol. The molecule has 1 heterocycles. The van der Waals surface area contributed by atoms with E-state index in [1.807, 2.05) is 4.68 Å². The van der Waals surface area contributed by atoms with Crippen LogP contribution in [0.2, 0.25) is 0 Å². The first-order valence-corrected chi connectivity index (χ1v) is 7.50. The van der Waals surface area contributed by atoms with E-state index in [2.05, 4.69) is 48.7 Å². The quantitative estimate of drug-likeness (QED) is 0.895. The number of hydrogen-bond acceptors (Lipinski definition) is 2. The molecule has 2 rings (SSSR count). The van der Waals surface area contributed by atoms with E-state index in [0.717, 1.165) is 29.4 Å². The summed E-state index contributed by atoms with van der Waals surface area (Å²) in [5, 5.41) is 15.5. The molecule has 1 unspecified atom stereocenters. The molecule has 1 aromatic heterocycles. The van der Waals surface area contributed by atoms with Gasteiger partial charge in [0.1, 0.15) is 5.60 Å². The van der Waals surface area contributed by atoms with Gasteiger partial charge in [-0.25, -0.2) is 0 Å². The van der Waals surface area contributed by atoms with Crippen molar-refractivity contribution in [2.45, 2.75) is 65.0 Å². The topological polar surface area (TPSA) is 38.0 Å². The van der Waals surface area contributed by atoms with E-state index in [0.29, 0.717) is 0 Å². The van der Waals surface area contributed by atoms with Gasteiger partial charge in [0.15, 0.2) is 0 Å². The summed E-state index contributed by atoms with van der Waals surface area (Å²) in [6.45, 7) is 8.67. The molecule has 0 aromatic carbocycles. The Labute approximate surface area is 118 Å². The normalized spacial score (nSPS) is 27.7. The molecule has 1 N–H and O–H groups in total. The van der Waals surface area contributed by atoms with Crippen molar-refractivity contribution in [2.75, 3.05) is 0 Å². The molecule has 1 fully saturated rings. The van der Waals surface area contributed by atoms with Gasteiger partial charge >= 0.3 is 0 Å². The van der Waals surface area contributed by atoms with E-state index in [4.69, 9.17) is 0 Å². The molecule has 1 saturated carbocycles.